The van der Waals surface area contributed by atoms with Gasteiger partial charge in [0.25, 0.3) is 0 Å². The minimum Gasteiger partial charge on any atom is -0.396 e. The molecule has 0 unspecified atom stereocenters. The Bertz CT molecular complexity index is 974. The molecule has 3 aromatic heterocycles. The molecule has 2 N–H and O–H groups in total. The Morgan fingerprint density at radius 1 is 1.21 bits per heavy atom. The van der Waals surface area contributed by atoms with Crippen LogP contribution in [0.25, 0.3) is 22.3 Å². The first kappa shape index (κ1) is 20.3. The lowest BCUT2D eigenvalue weighted by molar-refractivity contribution is 0.259. The Balaban J connectivity index is 2.17. The second-order valence-electron chi connectivity index (χ2n) is 7.93. The second-order valence-corrected chi connectivity index (χ2v) is 7.93. The molecule has 0 saturated heterocycles. The number of hydrogen-bond acceptors (Lipinski definition) is 4. The van der Waals surface area contributed by atoms with Crippen molar-refractivity contribution < 1.29 is 5.11 Å². The number of anilines is 1. The highest BCUT2D eigenvalue weighted by molar-refractivity contribution is 5.87. The topological polar surface area (TPSA) is 63.0 Å². The minimum absolute atomic E-state index is 0.153. The van der Waals surface area contributed by atoms with E-state index < -0.39 is 0 Å². The fraction of sp³-hybridized carbons (Fsp3) is 0.478. The molecule has 5 nitrogen and oxygen atoms in total. The lowest BCUT2D eigenvalue weighted by Gasteiger charge is -2.15. The molecule has 1 atom stereocenters. The highest BCUT2D eigenvalue weighted by Gasteiger charge is 2.20. The molecular weight excluding hydrogens is 348 g/mol. The zero-order valence-corrected chi connectivity index (χ0v) is 17.9. The van der Waals surface area contributed by atoms with E-state index in [2.05, 4.69) is 62.0 Å². The molecule has 0 aliphatic rings. The number of nitrogens with zero attached hydrogens (tertiary/aromatic N) is 3. The van der Waals surface area contributed by atoms with Gasteiger partial charge in [0.15, 0.2) is 0 Å². The number of pyridine rings is 2. The third-order valence-electron chi connectivity index (χ3n) is 5.47. The third kappa shape index (κ3) is 3.63. The normalized spacial score (nSPS) is 12.7. The lowest BCUT2D eigenvalue weighted by Crippen LogP contribution is -2.04. The lowest BCUT2D eigenvalue weighted by atomic mass is 9.94. The van der Waals surface area contributed by atoms with Gasteiger partial charge in [-0.05, 0) is 48.6 Å². The summed E-state index contributed by atoms with van der Waals surface area (Å²) in [4.78, 5) is 9.82. The van der Waals surface area contributed by atoms with E-state index in [1.807, 2.05) is 14.1 Å². The van der Waals surface area contributed by atoms with Crippen LogP contribution in [0.3, 0.4) is 0 Å². The van der Waals surface area contributed by atoms with E-state index in [0.717, 1.165) is 52.2 Å². The highest BCUT2D eigenvalue weighted by atomic mass is 16.3. The van der Waals surface area contributed by atoms with Crippen LogP contribution in [-0.2, 0) is 7.05 Å². The van der Waals surface area contributed by atoms with Gasteiger partial charge < -0.3 is 15.0 Å². The molecule has 0 fully saturated rings. The molecule has 0 bridgehead atoms. The number of aliphatic hydroxyl groups is 1. The minimum atomic E-state index is 0.153. The van der Waals surface area contributed by atoms with Gasteiger partial charge in [-0.3, -0.25) is 0 Å². The van der Waals surface area contributed by atoms with Crippen molar-refractivity contribution in [1.29, 1.82) is 0 Å². The number of aliphatic hydroxyl groups excluding tert-OH is 1. The summed E-state index contributed by atoms with van der Waals surface area (Å²) in [5, 5.41) is 14.2. The average molecular weight is 381 g/mol. The van der Waals surface area contributed by atoms with Crippen LogP contribution in [-0.4, -0.2) is 33.3 Å². The van der Waals surface area contributed by atoms with Crippen LogP contribution in [0, 0.1) is 6.92 Å². The van der Waals surface area contributed by atoms with Gasteiger partial charge >= 0.3 is 0 Å². The number of aromatic nitrogens is 3. The van der Waals surface area contributed by atoms with E-state index in [1.165, 1.54) is 5.56 Å². The summed E-state index contributed by atoms with van der Waals surface area (Å²) in [6.07, 6.45) is 4.14. The van der Waals surface area contributed by atoms with Gasteiger partial charge in [0.05, 0.1) is 12.3 Å². The summed E-state index contributed by atoms with van der Waals surface area (Å²) >= 11 is 0. The summed E-state index contributed by atoms with van der Waals surface area (Å²) in [5.41, 5.74) is 6.28. The number of hydrogen-bond donors (Lipinski definition) is 2. The molecule has 0 aliphatic carbocycles. The van der Waals surface area contributed by atoms with Crippen molar-refractivity contribution in [3.63, 3.8) is 0 Å². The van der Waals surface area contributed by atoms with Crippen molar-refractivity contribution in [2.24, 2.45) is 7.05 Å². The van der Waals surface area contributed by atoms with Crippen LogP contribution in [0.15, 0.2) is 24.4 Å². The van der Waals surface area contributed by atoms with Crippen LogP contribution >= 0.6 is 0 Å². The Labute approximate surface area is 167 Å². The Kier molecular flexibility index (Phi) is 6.04. The number of aryl methyl sites for hydroxylation is 2. The predicted molar refractivity (Wildman–Crippen MR) is 117 cm³/mol. The van der Waals surface area contributed by atoms with E-state index in [1.54, 1.807) is 0 Å². The molecule has 28 heavy (non-hydrogen) atoms. The largest absolute Gasteiger partial charge is 0.396 e. The first-order valence-corrected chi connectivity index (χ1v) is 10.2. The summed E-state index contributed by atoms with van der Waals surface area (Å²) in [6, 6.07) is 6.42. The first-order valence-electron chi connectivity index (χ1n) is 10.2. The molecule has 150 valence electrons. The monoisotopic (exact) mass is 380 g/mol. The Morgan fingerprint density at radius 2 is 1.96 bits per heavy atom. The fourth-order valence-electron chi connectivity index (χ4n) is 3.89. The molecule has 0 saturated carbocycles. The van der Waals surface area contributed by atoms with Crippen molar-refractivity contribution in [2.45, 2.75) is 52.4 Å². The van der Waals surface area contributed by atoms with Crippen molar-refractivity contribution in [2.75, 3.05) is 19.0 Å². The molecule has 5 heteroatoms. The molecule has 0 aromatic carbocycles. The smallest absolute Gasteiger partial charge is 0.140 e. The van der Waals surface area contributed by atoms with Crippen molar-refractivity contribution >= 4 is 16.9 Å². The summed E-state index contributed by atoms with van der Waals surface area (Å²) in [7, 11) is 3.93. The number of nitrogens with one attached hydrogen (secondary N) is 1. The second kappa shape index (κ2) is 8.31. The SMILES string of the molecule is CCC[C@H](CO)c1cn(C)c2nc(-c3ccc(C(C)C)nc3NC)c(C)cc12. The van der Waals surface area contributed by atoms with Gasteiger partial charge in [-0.15, -0.1) is 0 Å². The maximum atomic E-state index is 9.87. The van der Waals surface area contributed by atoms with Gasteiger partial charge in [0.1, 0.15) is 11.5 Å². The molecule has 0 radical (unpaired) electrons. The predicted octanol–water partition coefficient (Wildman–Crippen LogP) is 4.98. The zero-order chi connectivity index (χ0) is 20.4. The quantitative estimate of drug-likeness (QED) is 0.606. The van der Waals surface area contributed by atoms with Crippen LogP contribution in [0.1, 0.15) is 62.3 Å². The maximum Gasteiger partial charge on any atom is 0.140 e. The summed E-state index contributed by atoms with van der Waals surface area (Å²) in [6.45, 7) is 8.72. The van der Waals surface area contributed by atoms with E-state index in [4.69, 9.17) is 9.97 Å². The number of fused-ring (bicyclic) bond motifs is 1. The van der Waals surface area contributed by atoms with E-state index in [9.17, 15) is 5.11 Å². The van der Waals surface area contributed by atoms with Crippen LogP contribution in [0.4, 0.5) is 5.82 Å². The molecule has 0 aliphatic heterocycles. The van der Waals surface area contributed by atoms with Gasteiger partial charge in [0.2, 0.25) is 0 Å². The van der Waals surface area contributed by atoms with Gasteiger partial charge in [0, 0.05) is 42.9 Å². The molecule has 0 spiro atoms. The van der Waals surface area contributed by atoms with Crippen molar-refractivity contribution in [3.8, 4) is 11.3 Å². The van der Waals surface area contributed by atoms with Gasteiger partial charge in [-0.1, -0.05) is 27.2 Å². The molecule has 0 amide bonds. The van der Waals surface area contributed by atoms with Crippen LogP contribution < -0.4 is 5.32 Å². The van der Waals surface area contributed by atoms with Crippen LogP contribution in [0.5, 0.6) is 0 Å². The standard InChI is InChI=1S/C23H32N4O/c1-7-8-16(13-28)19-12-27(6)23-18(19)11-15(4)21(26-23)17-9-10-20(14(2)3)25-22(17)24-5/h9-12,14,16,28H,7-8,13H2,1-6H3,(H,24,25)/t16-/m1/s1. The Morgan fingerprint density at radius 3 is 2.57 bits per heavy atom. The molecule has 3 aromatic rings. The van der Waals surface area contributed by atoms with Gasteiger partial charge in [-0.25, -0.2) is 9.97 Å². The fourth-order valence-corrected chi connectivity index (χ4v) is 3.89. The molecular formula is C23H32N4O. The zero-order valence-electron chi connectivity index (χ0n) is 17.9. The summed E-state index contributed by atoms with van der Waals surface area (Å²) in [5.74, 6) is 1.39. The molecule has 3 heterocycles. The van der Waals surface area contributed by atoms with Crippen LogP contribution in [0.2, 0.25) is 0 Å². The average Bonchev–Trinajstić information content (AvgIpc) is 3.00. The van der Waals surface area contributed by atoms with Gasteiger partial charge in [-0.2, -0.15) is 0 Å². The highest BCUT2D eigenvalue weighted by Crippen LogP contribution is 2.35. The first-order chi connectivity index (χ1) is 13.4. The molecule has 3 rings (SSSR count). The van der Waals surface area contributed by atoms with E-state index >= 15 is 0 Å². The third-order valence-corrected chi connectivity index (χ3v) is 5.47. The number of rotatable bonds is 7. The van der Waals surface area contributed by atoms with E-state index in [0.29, 0.717) is 5.92 Å². The maximum absolute atomic E-state index is 9.87. The van der Waals surface area contributed by atoms with Crippen molar-refractivity contribution in [3.05, 3.63) is 41.2 Å². The van der Waals surface area contributed by atoms with Crippen molar-refractivity contribution in [1.82, 2.24) is 14.5 Å². The van der Waals surface area contributed by atoms with E-state index in [-0.39, 0.29) is 12.5 Å². The Hall–Kier alpha value is -2.40. The summed E-state index contributed by atoms with van der Waals surface area (Å²) < 4.78 is 2.07.